The van der Waals surface area contributed by atoms with Crippen LogP contribution in [0.25, 0.3) is 22.2 Å². The summed E-state index contributed by atoms with van der Waals surface area (Å²) in [5.41, 5.74) is 5.87. The molecule has 2 aromatic carbocycles. The summed E-state index contributed by atoms with van der Waals surface area (Å²) in [6.45, 7) is 1.96. The number of nitrogens with zero attached hydrogens (tertiary/aromatic N) is 4. The highest BCUT2D eigenvalue weighted by atomic mass is 16.5. The quantitative estimate of drug-likeness (QED) is 0.505. The largest absolute Gasteiger partial charge is 0.496 e. The van der Waals surface area contributed by atoms with Crippen molar-refractivity contribution in [1.29, 1.82) is 0 Å². The lowest BCUT2D eigenvalue weighted by atomic mass is 9.99. The number of para-hydroxylation sites is 1. The van der Waals surface area contributed by atoms with Gasteiger partial charge in [-0.2, -0.15) is 0 Å². The predicted molar refractivity (Wildman–Crippen MR) is 126 cm³/mol. The third kappa shape index (κ3) is 3.71. The Morgan fingerprint density at radius 3 is 2.66 bits per heavy atom. The Kier molecular flexibility index (Phi) is 5.33. The van der Waals surface area contributed by atoms with Gasteiger partial charge < -0.3 is 19.7 Å². The van der Waals surface area contributed by atoms with E-state index < -0.39 is 0 Å². The Balaban J connectivity index is 1.57. The van der Waals surface area contributed by atoms with E-state index in [0.717, 1.165) is 58.9 Å². The SMILES string of the molecule is COc1cc2c(cc1Nc1ncc3ccnc(-c4ccccc4OC)c3n1)CN(C)CC2. The number of benzene rings is 2. The van der Waals surface area contributed by atoms with Gasteiger partial charge >= 0.3 is 0 Å². The molecule has 7 nitrogen and oxygen atoms in total. The van der Waals surface area contributed by atoms with Gasteiger partial charge in [-0.1, -0.05) is 12.1 Å². The first-order valence-corrected chi connectivity index (χ1v) is 10.6. The molecule has 32 heavy (non-hydrogen) atoms. The number of aromatic nitrogens is 3. The molecule has 7 heteroatoms. The lowest BCUT2D eigenvalue weighted by Gasteiger charge is -2.26. The van der Waals surface area contributed by atoms with Gasteiger partial charge in [-0.3, -0.25) is 4.98 Å². The summed E-state index contributed by atoms with van der Waals surface area (Å²) in [6, 6.07) is 14.0. The number of methoxy groups -OCH3 is 2. The molecule has 0 atom stereocenters. The number of pyridine rings is 1. The highest BCUT2D eigenvalue weighted by Gasteiger charge is 2.18. The van der Waals surface area contributed by atoms with Crippen LogP contribution in [0.5, 0.6) is 11.5 Å². The summed E-state index contributed by atoms with van der Waals surface area (Å²) in [5.74, 6) is 2.03. The number of anilines is 2. The van der Waals surface area contributed by atoms with E-state index in [0.29, 0.717) is 5.95 Å². The Morgan fingerprint density at radius 2 is 1.81 bits per heavy atom. The number of hydrogen-bond acceptors (Lipinski definition) is 7. The van der Waals surface area contributed by atoms with Crippen molar-refractivity contribution in [2.45, 2.75) is 13.0 Å². The van der Waals surface area contributed by atoms with Crippen molar-refractivity contribution >= 4 is 22.5 Å². The van der Waals surface area contributed by atoms with Gasteiger partial charge in [0, 0.05) is 36.4 Å². The summed E-state index contributed by atoms with van der Waals surface area (Å²) in [4.78, 5) is 16.3. The van der Waals surface area contributed by atoms with Gasteiger partial charge in [-0.05, 0) is 54.9 Å². The molecular formula is C25H25N5O2. The molecule has 0 aliphatic carbocycles. The number of fused-ring (bicyclic) bond motifs is 2. The molecule has 0 fully saturated rings. The van der Waals surface area contributed by atoms with E-state index in [-0.39, 0.29) is 0 Å². The van der Waals surface area contributed by atoms with Crippen molar-refractivity contribution in [3.05, 3.63) is 66.0 Å². The van der Waals surface area contributed by atoms with Crippen LogP contribution in [0.1, 0.15) is 11.1 Å². The molecular weight excluding hydrogens is 402 g/mol. The van der Waals surface area contributed by atoms with E-state index >= 15 is 0 Å². The molecule has 4 aromatic rings. The second-order valence-corrected chi connectivity index (χ2v) is 7.93. The number of rotatable bonds is 5. The highest BCUT2D eigenvalue weighted by molar-refractivity contribution is 5.93. The number of ether oxygens (including phenoxy) is 2. The fourth-order valence-electron chi connectivity index (χ4n) is 4.17. The molecule has 162 valence electrons. The fraction of sp³-hybridized carbons (Fsp3) is 0.240. The molecule has 0 saturated heterocycles. The van der Waals surface area contributed by atoms with Gasteiger partial charge in [0.25, 0.3) is 0 Å². The third-order valence-electron chi connectivity index (χ3n) is 5.83. The van der Waals surface area contributed by atoms with E-state index in [1.165, 1.54) is 11.1 Å². The van der Waals surface area contributed by atoms with E-state index in [1.54, 1.807) is 20.4 Å². The Labute approximate surface area is 187 Å². The van der Waals surface area contributed by atoms with Crippen LogP contribution in [0.2, 0.25) is 0 Å². The minimum atomic E-state index is 0.490. The van der Waals surface area contributed by atoms with Crippen LogP contribution >= 0.6 is 0 Å². The van der Waals surface area contributed by atoms with Crippen LogP contribution in [0.3, 0.4) is 0 Å². The van der Waals surface area contributed by atoms with Crippen LogP contribution < -0.4 is 14.8 Å². The van der Waals surface area contributed by atoms with Gasteiger partial charge in [-0.25, -0.2) is 9.97 Å². The molecule has 1 aliphatic heterocycles. The maximum absolute atomic E-state index is 5.66. The molecule has 5 rings (SSSR count). The zero-order valence-electron chi connectivity index (χ0n) is 18.4. The minimum absolute atomic E-state index is 0.490. The number of nitrogens with one attached hydrogen (secondary N) is 1. The molecule has 0 unspecified atom stereocenters. The molecule has 1 N–H and O–H groups in total. The first-order chi connectivity index (χ1) is 15.7. The lowest BCUT2D eigenvalue weighted by Crippen LogP contribution is -2.26. The smallest absolute Gasteiger partial charge is 0.227 e. The van der Waals surface area contributed by atoms with Gasteiger partial charge in [0.05, 0.1) is 19.9 Å². The predicted octanol–water partition coefficient (Wildman–Crippen LogP) is 4.44. The Hall–Kier alpha value is -3.71. The summed E-state index contributed by atoms with van der Waals surface area (Å²) in [7, 11) is 5.48. The van der Waals surface area contributed by atoms with Crippen LogP contribution in [-0.4, -0.2) is 47.7 Å². The first-order valence-electron chi connectivity index (χ1n) is 10.6. The van der Waals surface area contributed by atoms with Gasteiger partial charge in [0.2, 0.25) is 5.95 Å². The molecule has 1 aliphatic rings. The van der Waals surface area contributed by atoms with Crippen LogP contribution in [0, 0.1) is 0 Å². The zero-order chi connectivity index (χ0) is 22.1. The molecule has 0 radical (unpaired) electrons. The van der Waals surface area contributed by atoms with E-state index in [4.69, 9.17) is 14.5 Å². The molecule has 0 spiro atoms. The molecule has 0 bridgehead atoms. The molecule has 0 saturated carbocycles. The van der Waals surface area contributed by atoms with Gasteiger partial charge in [0.15, 0.2) is 0 Å². The Bertz CT molecular complexity index is 1290. The summed E-state index contributed by atoms with van der Waals surface area (Å²) in [6.07, 6.45) is 4.59. The van der Waals surface area contributed by atoms with Crippen molar-refractivity contribution < 1.29 is 9.47 Å². The molecule has 3 heterocycles. The van der Waals surface area contributed by atoms with Crippen LogP contribution in [0.4, 0.5) is 11.6 Å². The highest BCUT2D eigenvalue weighted by Crippen LogP contribution is 2.35. The monoisotopic (exact) mass is 427 g/mol. The summed E-state index contributed by atoms with van der Waals surface area (Å²) in [5, 5.41) is 4.27. The number of likely N-dealkylation sites (N-methyl/N-ethyl adjacent to an activating group) is 1. The van der Waals surface area contributed by atoms with Crippen LogP contribution in [0.15, 0.2) is 54.9 Å². The van der Waals surface area contributed by atoms with E-state index in [9.17, 15) is 0 Å². The lowest BCUT2D eigenvalue weighted by molar-refractivity contribution is 0.312. The maximum atomic E-state index is 5.66. The topological polar surface area (TPSA) is 72.4 Å². The minimum Gasteiger partial charge on any atom is -0.496 e. The standard InChI is InChI=1S/C25H25N5O2/c1-30-11-9-16-13-22(32-3)20(12-18(16)15-30)28-25-27-14-17-8-10-26-24(23(17)29-25)19-6-4-5-7-21(19)31-2/h4-8,10,12-14H,9,11,15H2,1-3H3,(H,27,28,29). The average molecular weight is 428 g/mol. The second kappa shape index (κ2) is 8.43. The molecule has 2 aromatic heterocycles. The van der Waals surface area contributed by atoms with Crippen LogP contribution in [-0.2, 0) is 13.0 Å². The third-order valence-corrected chi connectivity index (χ3v) is 5.83. The maximum Gasteiger partial charge on any atom is 0.227 e. The van der Waals surface area contributed by atoms with Crippen molar-refractivity contribution in [3.8, 4) is 22.8 Å². The summed E-state index contributed by atoms with van der Waals surface area (Å²) < 4.78 is 11.2. The zero-order valence-corrected chi connectivity index (χ0v) is 18.4. The Morgan fingerprint density at radius 1 is 0.969 bits per heavy atom. The normalized spacial score (nSPS) is 13.6. The van der Waals surface area contributed by atoms with E-state index in [1.807, 2.05) is 36.5 Å². The average Bonchev–Trinajstić information content (AvgIpc) is 2.83. The van der Waals surface area contributed by atoms with Crippen molar-refractivity contribution in [2.24, 2.45) is 0 Å². The van der Waals surface area contributed by atoms with Crippen molar-refractivity contribution in [3.63, 3.8) is 0 Å². The first kappa shape index (κ1) is 20.2. The fourth-order valence-corrected chi connectivity index (χ4v) is 4.17. The van der Waals surface area contributed by atoms with E-state index in [2.05, 4.69) is 39.4 Å². The van der Waals surface area contributed by atoms with Gasteiger partial charge in [-0.15, -0.1) is 0 Å². The van der Waals surface area contributed by atoms with Gasteiger partial charge in [0.1, 0.15) is 22.7 Å². The van der Waals surface area contributed by atoms with Crippen molar-refractivity contribution in [2.75, 3.05) is 33.1 Å². The second-order valence-electron chi connectivity index (χ2n) is 7.93. The molecule has 0 amide bonds. The number of hydrogen-bond donors (Lipinski definition) is 1. The summed E-state index contributed by atoms with van der Waals surface area (Å²) >= 11 is 0. The van der Waals surface area contributed by atoms with Crippen molar-refractivity contribution in [1.82, 2.24) is 19.9 Å².